The number of ether oxygens (including phenoxy) is 1. The minimum absolute atomic E-state index is 0.0173. The van der Waals surface area contributed by atoms with Gasteiger partial charge in [0.2, 0.25) is 0 Å². The zero-order valence-corrected chi connectivity index (χ0v) is 27.3. The fraction of sp³-hybridized carbons (Fsp3) is 0.472. The number of hydrogen-bond donors (Lipinski definition) is 8. The number of primary amides is 1. The van der Waals surface area contributed by atoms with Gasteiger partial charge < -0.3 is 46.6 Å². The van der Waals surface area contributed by atoms with Gasteiger partial charge in [0.1, 0.15) is 24.2 Å². The van der Waals surface area contributed by atoms with Crippen LogP contribution in [0.3, 0.4) is 0 Å². The predicted octanol–water partition coefficient (Wildman–Crippen LogP) is 2.77. The number of phenols is 1. The van der Waals surface area contributed by atoms with Crippen LogP contribution in [0.4, 0.5) is 0 Å². The first-order valence-electron chi connectivity index (χ1n) is 15.8. The van der Waals surface area contributed by atoms with Crippen molar-refractivity contribution in [2.75, 3.05) is 19.7 Å². The lowest BCUT2D eigenvalue weighted by atomic mass is 9.87. The van der Waals surface area contributed by atoms with Crippen molar-refractivity contribution in [1.29, 1.82) is 0 Å². The highest BCUT2D eigenvalue weighted by molar-refractivity contribution is 5.95. The second-order valence-electron chi connectivity index (χ2n) is 13.0. The van der Waals surface area contributed by atoms with Crippen LogP contribution in [0.15, 0.2) is 66.7 Å². The number of carbonyl (C=O) groups excluding carboxylic acids is 1. The van der Waals surface area contributed by atoms with E-state index in [1.807, 2.05) is 57.2 Å². The molecule has 1 aliphatic carbocycles. The van der Waals surface area contributed by atoms with E-state index in [4.69, 9.17) is 10.5 Å². The fourth-order valence-corrected chi connectivity index (χ4v) is 5.06. The number of aromatic hydroxyl groups is 1. The van der Waals surface area contributed by atoms with E-state index in [1.54, 1.807) is 6.07 Å². The Morgan fingerprint density at radius 3 is 2.35 bits per heavy atom. The highest BCUT2D eigenvalue weighted by Gasteiger charge is 2.27. The first-order valence-corrected chi connectivity index (χ1v) is 15.8. The number of nitrogens with one attached hydrogen (secondary N) is 2. The van der Waals surface area contributed by atoms with Gasteiger partial charge in [-0.25, -0.2) is 0 Å². The van der Waals surface area contributed by atoms with E-state index in [-0.39, 0.29) is 29.5 Å². The number of carbonyl (C=O) groups is 1. The van der Waals surface area contributed by atoms with Crippen LogP contribution in [0.5, 0.6) is 11.5 Å². The third-order valence-electron chi connectivity index (χ3n) is 7.86. The SMILES string of the molecule is CC(C)(C)NCC(O)COc1cccc2c1C[C@H](O)[C@H](O)C2.CC(CCc1ccccc1)NCC(O)c1ccc(O)c(C(N)=O)c1. The summed E-state index contributed by atoms with van der Waals surface area (Å²) < 4.78 is 5.73. The van der Waals surface area contributed by atoms with Crippen LogP contribution in [-0.4, -0.2) is 81.0 Å². The van der Waals surface area contributed by atoms with Gasteiger partial charge in [0.05, 0.1) is 23.9 Å². The lowest BCUT2D eigenvalue weighted by Gasteiger charge is -2.28. The van der Waals surface area contributed by atoms with Gasteiger partial charge >= 0.3 is 0 Å². The van der Waals surface area contributed by atoms with Crippen LogP contribution in [-0.2, 0) is 19.3 Å². The van der Waals surface area contributed by atoms with Crippen molar-refractivity contribution in [3.63, 3.8) is 0 Å². The minimum Gasteiger partial charge on any atom is -0.507 e. The van der Waals surface area contributed by atoms with E-state index < -0.39 is 30.3 Å². The van der Waals surface area contributed by atoms with Crippen LogP contribution in [0, 0.1) is 0 Å². The summed E-state index contributed by atoms with van der Waals surface area (Å²) in [6.45, 7) is 9.21. The fourth-order valence-electron chi connectivity index (χ4n) is 5.06. The molecular formula is C36H51N3O7. The molecular weight excluding hydrogens is 586 g/mol. The van der Waals surface area contributed by atoms with Crippen molar-refractivity contribution >= 4 is 5.91 Å². The second kappa shape index (κ2) is 17.4. The molecule has 3 aromatic rings. The van der Waals surface area contributed by atoms with Crippen LogP contribution < -0.4 is 21.1 Å². The molecule has 9 N–H and O–H groups in total. The number of nitrogens with two attached hydrogens (primary N) is 1. The van der Waals surface area contributed by atoms with Gasteiger partial charge in [-0.1, -0.05) is 48.5 Å². The summed E-state index contributed by atoms with van der Waals surface area (Å²) in [4.78, 5) is 11.2. The molecule has 0 saturated heterocycles. The summed E-state index contributed by atoms with van der Waals surface area (Å²) >= 11 is 0. The normalized spacial score (nSPS) is 18.0. The maximum atomic E-state index is 11.2. The molecule has 10 heteroatoms. The topological polar surface area (TPSA) is 178 Å². The monoisotopic (exact) mass is 637 g/mol. The van der Waals surface area contributed by atoms with Gasteiger partial charge in [-0.2, -0.15) is 0 Å². The summed E-state index contributed by atoms with van der Waals surface area (Å²) in [6, 6.07) is 20.5. The molecule has 0 aromatic heterocycles. The van der Waals surface area contributed by atoms with Crippen molar-refractivity contribution in [2.24, 2.45) is 5.73 Å². The first-order chi connectivity index (χ1) is 21.7. The molecule has 4 rings (SSSR count). The molecule has 0 radical (unpaired) electrons. The van der Waals surface area contributed by atoms with Crippen molar-refractivity contribution < 1.29 is 35.1 Å². The highest BCUT2D eigenvalue weighted by atomic mass is 16.5. The molecule has 10 nitrogen and oxygen atoms in total. The number of benzene rings is 3. The Morgan fingerprint density at radius 1 is 0.978 bits per heavy atom. The van der Waals surface area contributed by atoms with Crippen molar-refractivity contribution in [3.05, 3.63) is 94.5 Å². The summed E-state index contributed by atoms with van der Waals surface area (Å²) in [5.74, 6) is -0.216. The Labute approximate surface area is 272 Å². The maximum absolute atomic E-state index is 11.2. The molecule has 1 aliphatic rings. The van der Waals surface area contributed by atoms with Gasteiger partial charge in [-0.05, 0) is 75.4 Å². The Bertz CT molecular complexity index is 1380. The average Bonchev–Trinajstić information content (AvgIpc) is 3.01. The zero-order chi connectivity index (χ0) is 33.9. The number of rotatable bonds is 13. The lowest BCUT2D eigenvalue weighted by molar-refractivity contribution is 0.0132. The molecule has 0 spiro atoms. The van der Waals surface area contributed by atoms with E-state index in [2.05, 4.69) is 29.7 Å². The van der Waals surface area contributed by atoms with Crippen LogP contribution in [0.2, 0.25) is 0 Å². The molecule has 1 amide bonds. The van der Waals surface area contributed by atoms with E-state index in [0.29, 0.717) is 37.2 Å². The van der Waals surface area contributed by atoms with E-state index >= 15 is 0 Å². The summed E-state index contributed by atoms with van der Waals surface area (Å²) in [5.41, 5.74) is 8.93. The number of hydrogen-bond acceptors (Lipinski definition) is 9. The van der Waals surface area contributed by atoms with E-state index in [9.17, 15) is 30.3 Å². The molecule has 3 aromatic carbocycles. The predicted molar refractivity (Wildman–Crippen MR) is 179 cm³/mol. The molecule has 0 fully saturated rings. The van der Waals surface area contributed by atoms with Gasteiger partial charge in [-0.15, -0.1) is 0 Å². The Hall–Kier alpha value is -3.51. The third-order valence-corrected chi connectivity index (χ3v) is 7.86. The van der Waals surface area contributed by atoms with E-state index in [0.717, 1.165) is 24.0 Å². The van der Waals surface area contributed by atoms with Crippen molar-refractivity contribution in [2.45, 2.75) is 89.4 Å². The highest BCUT2D eigenvalue weighted by Crippen LogP contribution is 2.30. The van der Waals surface area contributed by atoms with Gasteiger partial charge in [0.25, 0.3) is 5.91 Å². The molecule has 0 aliphatic heterocycles. The van der Waals surface area contributed by atoms with Gasteiger partial charge in [0, 0.05) is 43.1 Å². The molecule has 252 valence electrons. The molecule has 5 atom stereocenters. The molecule has 0 saturated carbocycles. The van der Waals surface area contributed by atoms with Gasteiger partial charge in [0.15, 0.2) is 0 Å². The Kier molecular flexibility index (Phi) is 14.0. The Balaban J connectivity index is 0.000000251. The quantitative estimate of drug-likeness (QED) is 0.140. The molecule has 3 unspecified atom stereocenters. The number of amides is 1. The lowest BCUT2D eigenvalue weighted by Crippen LogP contribution is -2.42. The summed E-state index contributed by atoms with van der Waals surface area (Å²) in [7, 11) is 0. The summed E-state index contributed by atoms with van der Waals surface area (Å²) in [6.07, 6.45) is -0.120. The molecule has 0 heterocycles. The smallest absolute Gasteiger partial charge is 0.252 e. The third kappa shape index (κ3) is 12.0. The number of aryl methyl sites for hydroxylation is 1. The van der Waals surface area contributed by atoms with Crippen LogP contribution >= 0.6 is 0 Å². The van der Waals surface area contributed by atoms with Crippen molar-refractivity contribution in [1.82, 2.24) is 10.6 Å². The van der Waals surface area contributed by atoms with Crippen molar-refractivity contribution in [3.8, 4) is 11.5 Å². The first kappa shape index (κ1) is 37.0. The second-order valence-corrected chi connectivity index (χ2v) is 13.0. The summed E-state index contributed by atoms with van der Waals surface area (Å²) in [5, 5.41) is 55.9. The van der Waals surface area contributed by atoms with Crippen LogP contribution in [0.1, 0.15) is 72.8 Å². The largest absolute Gasteiger partial charge is 0.507 e. The molecule has 0 bridgehead atoms. The standard InChI is InChI=1S/C19H24N2O3.C17H27NO4/c1-13(7-8-14-5-3-2-4-6-14)21-12-18(23)15-9-10-17(22)16(11-15)19(20)24;1-17(2,3)18-9-12(19)10-22-16-6-4-5-11-7-14(20)15(21)8-13(11)16/h2-6,9-11,13,18,21-23H,7-8,12H2,1H3,(H2,20,24);4-6,12,14-15,18-21H,7-10H2,1-3H3/t;12?,14-,15+/m.1/s1. The number of β-amino-alcohol motifs (C(OH)–C–C–N with tert-alkyl or cyclic N) is 1. The van der Waals surface area contributed by atoms with E-state index in [1.165, 1.54) is 17.7 Å². The van der Waals surface area contributed by atoms with Gasteiger partial charge in [-0.3, -0.25) is 4.79 Å². The number of aliphatic hydroxyl groups excluding tert-OH is 4. The van der Waals surface area contributed by atoms with Crippen LogP contribution in [0.25, 0.3) is 0 Å². The molecule has 46 heavy (non-hydrogen) atoms. The number of fused-ring (bicyclic) bond motifs is 1. The average molecular weight is 638 g/mol. The Morgan fingerprint density at radius 2 is 1.67 bits per heavy atom. The zero-order valence-electron chi connectivity index (χ0n) is 27.3. The number of aliphatic hydroxyl groups is 4. The minimum atomic E-state index is -0.775. The maximum Gasteiger partial charge on any atom is 0.252 e.